The molecule has 2 aromatic heterocycles. The molecule has 166 valence electrons. The van der Waals surface area contributed by atoms with Gasteiger partial charge in [0.1, 0.15) is 17.1 Å². The molecule has 0 saturated heterocycles. The molecule has 0 spiro atoms. The number of fused-ring (bicyclic) bond motifs is 1. The summed E-state index contributed by atoms with van der Waals surface area (Å²) in [6, 6.07) is 15.7. The van der Waals surface area contributed by atoms with Gasteiger partial charge in [0.05, 0.1) is 32.2 Å². The summed E-state index contributed by atoms with van der Waals surface area (Å²) < 4.78 is 18.0. The van der Waals surface area contributed by atoms with E-state index in [9.17, 15) is 0 Å². The van der Waals surface area contributed by atoms with Gasteiger partial charge in [-0.3, -0.25) is 4.40 Å². The average molecular weight is 434 g/mol. The van der Waals surface area contributed by atoms with Gasteiger partial charge in [0.2, 0.25) is 5.95 Å². The maximum Gasteiger partial charge on any atom is 0.213 e. The first-order chi connectivity index (χ1) is 15.6. The molecule has 0 saturated carbocycles. The second-order valence-electron chi connectivity index (χ2n) is 7.27. The van der Waals surface area contributed by atoms with Crippen molar-refractivity contribution < 1.29 is 14.2 Å². The number of ether oxygens (including phenoxy) is 3. The highest BCUT2D eigenvalue weighted by molar-refractivity contribution is 5.73. The third kappa shape index (κ3) is 4.45. The van der Waals surface area contributed by atoms with Crippen LogP contribution in [0.5, 0.6) is 11.5 Å². The number of anilines is 3. The lowest BCUT2D eigenvalue weighted by atomic mass is 10.1. The molecule has 2 heterocycles. The van der Waals surface area contributed by atoms with Crippen LogP contribution in [0.25, 0.3) is 16.9 Å². The molecule has 0 radical (unpaired) electrons. The molecule has 8 heteroatoms. The van der Waals surface area contributed by atoms with Crippen molar-refractivity contribution in [3.63, 3.8) is 0 Å². The first kappa shape index (κ1) is 21.5. The van der Waals surface area contributed by atoms with Crippen LogP contribution in [0, 0.1) is 0 Å². The van der Waals surface area contributed by atoms with E-state index in [1.165, 1.54) is 0 Å². The van der Waals surface area contributed by atoms with E-state index in [0.717, 1.165) is 46.3 Å². The second kappa shape index (κ2) is 9.57. The topological polar surface area (TPSA) is 73.2 Å². The van der Waals surface area contributed by atoms with Gasteiger partial charge in [-0.15, -0.1) is 0 Å². The molecule has 0 unspecified atom stereocenters. The predicted octanol–water partition coefficient (Wildman–Crippen LogP) is 4.24. The Hall–Kier alpha value is -3.78. The molecular weight excluding hydrogens is 406 g/mol. The van der Waals surface area contributed by atoms with Crippen LogP contribution >= 0.6 is 0 Å². The van der Waals surface area contributed by atoms with E-state index in [4.69, 9.17) is 19.2 Å². The number of benzene rings is 2. The molecule has 0 aliphatic rings. The van der Waals surface area contributed by atoms with Gasteiger partial charge in [-0.25, -0.2) is 9.97 Å². The molecule has 0 bridgehead atoms. The second-order valence-corrected chi connectivity index (χ2v) is 7.27. The number of nitrogens with one attached hydrogen (secondary N) is 1. The van der Waals surface area contributed by atoms with E-state index >= 15 is 0 Å². The van der Waals surface area contributed by atoms with E-state index in [-0.39, 0.29) is 0 Å². The SMILES string of the molecule is COCCN(C)c1ccc(-c2cc3nccn3c(Nc3ccc(OC)cc3)n2)cc1OC. The van der Waals surface area contributed by atoms with Gasteiger partial charge in [-0.05, 0) is 36.4 Å². The lowest BCUT2D eigenvalue weighted by Crippen LogP contribution is -2.22. The lowest BCUT2D eigenvalue weighted by molar-refractivity contribution is 0.206. The normalized spacial score (nSPS) is 10.9. The van der Waals surface area contributed by atoms with Gasteiger partial charge >= 0.3 is 0 Å². The number of imidazole rings is 1. The standard InChI is InChI=1S/C24H27N5O3/c1-28(13-14-30-2)21-10-5-17(15-22(21)32-4)20-16-23-25-11-12-29(23)24(27-20)26-18-6-8-19(31-3)9-7-18/h5-12,15-16H,13-14H2,1-4H3,(H,26,27). The number of methoxy groups -OCH3 is 3. The predicted molar refractivity (Wildman–Crippen MR) is 126 cm³/mol. The maximum atomic E-state index is 5.67. The van der Waals surface area contributed by atoms with E-state index in [0.29, 0.717) is 12.6 Å². The Bertz CT molecular complexity index is 1190. The zero-order chi connectivity index (χ0) is 22.5. The Morgan fingerprint density at radius 2 is 1.81 bits per heavy atom. The first-order valence-electron chi connectivity index (χ1n) is 10.3. The van der Waals surface area contributed by atoms with Gasteiger partial charge in [-0.2, -0.15) is 0 Å². The van der Waals surface area contributed by atoms with Crippen molar-refractivity contribution in [2.45, 2.75) is 0 Å². The maximum absolute atomic E-state index is 5.67. The quantitative estimate of drug-likeness (QED) is 0.423. The Morgan fingerprint density at radius 1 is 1.00 bits per heavy atom. The molecule has 32 heavy (non-hydrogen) atoms. The number of aromatic nitrogens is 3. The van der Waals surface area contributed by atoms with Crippen LogP contribution in [-0.4, -0.2) is 55.9 Å². The van der Waals surface area contributed by atoms with E-state index < -0.39 is 0 Å². The Morgan fingerprint density at radius 3 is 2.53 bits per heavy atom. The number of rotatable bonds is 9. The van der Waals surface area contributed by atoms with Crippen LogP contribution in [0.4, 0.5) is 17.3 Å². The molecule has 8 nitrogen and oxygen atoms in total. The number of nitrogens with zero attached hydrogens (tertiary/aromatic N) is 4. The summed E-state index contributed by atoms with van der Waals surface area (Å²) in [5.41, 5.74) is 4.43. The Kier molecular flexibility index (Phi) is 6.42. The molecule has 1 N–H and O–H groups in total. The fourth-order valence-electron chi connectivity index (χ4n) is 3.46. The molecule has 0 aliphatic carbocycles. The van der Waals surface area contributed by atoms with Gasteiger partial charge < -0.3 is 24.4 Å². The third-order valence-corrected chi connectivity index (χ3v) is 5.25. The van der Waals surface area contributed by atoms with Crippen molar-refractivity contribution in [2.24, 2.45) is 0 Å². The molecular formula is C24H27N5O3. The highest BCUT2D eigenvalue weighted by Crippen LogP contribution is 2.33. The van der Waals surface area contributed by atoms with E-state index in [2.05, 4.69) is 15.2 Å². The van der Waals surface area contributed by atoms with Gasteiger partial charge in [-0.1, -0.05) is 6.07 Å². The molecule has 2 aromatic carbocycles. The lowest BCUT2D eigenvalue weighted by Gasteiger charge is -2.22. The molecule has 4 rings (SSSR count). The van der Waals surface area contributed by atoms with Gasteiger partial charge in [0.25, 0.3) is 0 Å². The molecule has 0 atom stereocenters. The zero-order valence-corrected chi connectivity index (χ0v) is 18.7. The fourth-order valence-corrected chi connectivity index (χ4v) is 3.46. The minimum atomic E-state index is 0.639. The summed E-state index contributed by atoms with van der Waals surface area (Å²) in [6.07, 6.45) is 3.64. The summed E-state index contributed by atoms with van der Waals surface area (Å²) in [5, 5.41) is 3.38. The largest absolute Gasteiger partial charge is 0.497 e. The van der Waals surface area contributed by atoms with Crippen molar-refractivity contribution in [1.29, 1.82) is 0 Å². The van der Waals surface area contributed by atoms with Gasteiger partial charge in [0.15, 0.2) is 0 Å². The first-order valence-corrected chi connectivity index (χ1v) is 10.3. The van der Waals surface area contributed by atoms with Crippen molar-refractivity contribution >= 4 is 23.0 Å². The smallest absolute Gasteiger partial charge is 0.213 e. The van der Waals surface area contributed by atoms with Crippen LogP contribution < -0.4 is 19.7 Å². The minimum Gasteiger partial charge on any atom is -0.497 e. The molecule has 0 amide bonds. The third-order valence-electron chi connectivity index (χ3n) is 5.25. The highest BCUT2D eigenvalue weighted by atomic mass is 16.5. The number of likely N-dealkylation sites (N-methyl/N-ethyl adjacent to an activating group) is 1. The number of hydrogen-bond acceptors (Lipinski definition) is 7. The van der Waals surface area contributed by atoms with Crippen molar-refractivity contribution in [2.75, 3.05) is 51.7 Å². The van der Waals surface area contributed by atoms with Gasteiger partial charge in [0, 0.05) is 50.4 Å². The summed E-state index contributed by atoms with van der Waals surface area (Å²) in [6.45, 7) is 1.40. The minimum absolute atomic E-state index is 0.639. The zero-order valence-electron chi connectivity index (χ0n) is 18.7. The Labute approximate surface area is 187 Å². The average Bonchev–Trinajstić information content (AvgIpc) is 3.31. The molecule has 0 fully saturated rings. The van der Waals surface area contributed by atoms with Crippen LogP contribution in [0.1, 0.15) is 0 Å². The fraction of sp³-hybridized carbons (Fsp3) is 0.250. The molecule has 4 aromatic rings. The number of hydrogen-bond donors (Lipinski definition) is 1. The summed E-state index contributed by atoms with van der Waals surface area (Å²) >= 11 is 0. The van der Waals surface area contributed by atoms with Crippen molar-refractivity contribution in [3.8, 4) is 22.8 Å². The summed E-state index contributed by atoms with van der Waals surface area (Å²) in [7, 11) is 7.04. The van der Waals surface area contributed by atoms with Crippen molar-refractivity contribution in [1.82, 2.24) is 14.4 Å². The van der Waals surface area contributed by atoms with Crippen LogP contribution in [-0.2, 0) is 4.74 Å². The summed E-state index contributed by atoms with van der Waals surface area (Å²) in [4.78, 5) is 11.4. The van der Waals surface area contributed by atoms with Crippen LogP contribution in [0.3, 0.4) is 0 Å². The van der Waals surface area contributed by atoms with Crippen molar-refractivity contribution in [3.05, 3.63) is 60.9 Å². The van der Waals surface area contributed by atoms with E-state index in [1.54, 1.807) is 27.5 Å². The van der Waals surface area contributed by atoms with Crippen LogP contribution in [0.15, 0.2) is 60.9 Å². The van der Waals surface area contributed by atoms with Crippen LogP contribution in [0.2, 0.25) is 0 Å². The monoisotopic (exact) mass is 433 g/mol. The highest BCUT2D eigenvalue weighted by Gasteiger charge is 2.13. The Balaban J connectivity index is 1.70. The molecule has 0 aliphatic heterocycles. The van der Waals surface area contributed by atoms with E-state index in [1.807, 2.05) is 66.2 Å². The summed E-state index contributed by atoms with van der Waals surface area (Å²) in [5.74, 6) is 2.24.